The van der Waals surface area contributed by atoms with E-state index >= 15 is 0 Å². The second-order valence-corrected chi connectivity index (χ2v) is 11.2. The van der Waals surface area contributed by atoms with Crippen molar-refractivity contribution in [1.29, 1.82) is 0 Å². The number of hydrogen-bond donors (Lipinski definition) is 3. The summed E-state index contributed by atoms with van der Waals surface area (Å²) >= 11 is 0. The molecule has 0 fully saturated rings. The average molecular weight is 474 g/mol. The van der Waals surface area contributed by atoms with Gasteiger partial charge in [0.15, 0.2) is 0 Å². The Bertz CT molecular complexity index is 883. The summed E-state index contributed by atoms with van der Waals surface area (Å²) in [6.07, 6.45) is 1.55. The quantitative estimate of drug-likeness (QED) is 0.451. The standard InChI is InChI=1S/C27H43N3O4/c1-17(2)20(16-18(3)25(33)34)28-23(31)21(26(4,5)6)29-24(32)22(30(9)10)27(7,8)19-14-12-11-13-15-19/h11-17,20-22H,1-10H3,(H,28,31)(H,29,32)(H,33,34)/b18-16+/t20-,21-,22-/m1/s1. The molecule has 0 saturated heterocycles. The van der Waals surface area contributed by atoms with Gasteiger partial charge in [0, 0.05) is 11.0 Å². The molecule has 1 rings (SSSR count). The molecule has 0 aliphatic carbocycles. The molecule has 0 radical (unpaired) electrons. The Balaban J connectivity index is 3.26. The molecule has 2 amide bonds. The SMILES string of the molecule is C/C(=C\[C@@H](NC(=O)[C@@H](NC(=O)[C@@H](N(C)C)C(C)(C)c1ccccc1)C(C)(C)C)C(C)C)C(=O)O. The third-order valence-corrected chi connectivity index (χ3v) is 6.18. The summed E-state index contributed by atoms with van der Waals surface area (Å²) in [6.45, 7) is 15.0. The molecular formula is C27H43N3O4. The van der Waals surface area contributed by atoms with Crippen molar-refractivity contribution in [3.8, 4) is 0 Å². The third-order valence-electron chi connectivity index (χ3n) is 6.18. The van der Waals surface area contributed by atoms with E-state index < -0.39 is 34.9 Å². The maximum absolute atomic E-state index is 13.6. The molecule has 0 spiro atoms. The Morgan fingerprint density at radius 3 is 1.88 bits per heavy atom. The van der Waals surface area contributed by atoms with Crippen LogP contribution in [-0.2, 0) is 19.8 Å². The summed E-state index contributed by atoms with van der Waals surface area (Å²) in [4.78, 5) is 40.2. The zero-order valence-corrected chi connectivity index (χ0v) is 22.4. The first kappa shape index (κ1) is 29.4. The first-order chi connectivity index (χ1) is 15.5. The zero-order valence-electron chi connectivity index (χ0n) is 22.4. The Labute approximate surface area is 205 Å². The van der Waals surface area contributed by atoms with Crippen LogP contribution >= 0.6 is 0 Å². The Hall–Kier alpha value is -2.67. The van der Waals surface area contributed by atoms with E-state index in [-0.39, 0.29) is 23.3 Å². The molecule has 0 unspecified atom stereocenters. The lowest BCUT2D eigenvalue weighted by molar-refractivity contribution is -0.135. The van der Waals surface area contributed by atoms with Gasteiger partial charge in [-0.1, -0.05) is 84.9 Å². The number of amides is 2. The number of benzene rings is 1. The summed E-state index contributed by atoms with van der Waals surface area (Å²) < 4.78 is 0. The van der Waals surface area contributed by atoms with Crippen molar-refractivity contribution in [1.82, 2.24) is 15.5 Å². The fourth-order valence-electron chi connectivity index (χ4n) is 4.12. The van der Waals surface area contributed by atoms with Crippen LogP contribution in [0.25, 0.3) is 0 Å². The van der Waals surface area contributed by atoms with Gasteiger partial charge in [0.25, 0.3) is 0 Å². The topological polar surface area (TPSA) is 98.7 Å². The normalized spacial score (nSPS) is 15.6. The predicted molar refractivity (Wildman–Crippen MR) is 136 cm³/mol. The highest BCUT2D eigenvalue weighted by Gasteiger charge is 2.42. The van der Waals surface area contributed by atoms with Crippen LogP contribution < -0.4 is 10.6 Å². The highest BCUT2D eigenvalue weighted by atomic mass is 16.4. The second kappa shape index (κ2) is 11.6. The van der Waals surface area contributed by atoms with E-state index in [4.69, 9.17) is 0 Å². The number of rotatable bonds is 10. The summed E-state index contributed by atoms with van der Waals surface area (Å²) in [6, 6.07) is 8.03. The molecule has 3 atom stereocenters. The van der Waals surface area contributed by atoms with Gasteiger partial charge in [-0.25, -0.2) is 4.79 Å². The van der Waals surface area contributed by atoms with E-state index in [2.05, 4.69) is 10.6 Å². The lowest BCUT2D eigenvalue weighted by atomic mass is 9.76. The molecule has 0 heterocycles. The summed E-state index contributed by atoms with van der Waals surface area (Å²) in [5.74, 6) is -1.64. The van der Waals surface area contributed by atoms with Crippen molar-refractivity contribution in [2.75, 3.05) is 14.1 Å². The number of carbonyl (C=O) groups excluding carboxylic acids is 2. The van der Waals surface area contributed by atoms with E-state index in [0.717, 1.165) is 5.56 Å². The molecule has 0 aromatic heterocycles. The molecule has 190 valence electrons. The first-order valence-electron chi connectivity index (χ1n) is 11.7. The van der Waals surface area contributed by atoms with Gasteiger partial charge in [-0.3, -0.25) is 14.5 Å². The minimum atomic E-state index is -1.03. The van der Waals surface area contributed by atoms with Gasteiger partial charge in [0.2, 0.25) is 11.8 Å². The molecule has 34 heavy (non-hydrogen) atoms. The number of hydrogen-bond acceptors (Lipinski definition) is 4. The summed E-state index contributed by atoms with van der Waals surface area (Å²) in [7, 11) is 3.71. The Kier molecular flexibility index (Phi) is 10.1. The van der Waals surface area contributed by atoms with E-state index in [1.807, 2.05) is 97.8 Å². The number of likely N-dealkylation sites (N-methyl/N-ethyl adjacent to an activating group) is 1. The minimum Gasteiger partial charge on any atom is -0.478 e. The molecular weight excluding hydrogens is 430 g/mol. The molecule has 1 aromatic carbocycles. The van der Waals surface area contributed by atoms with E-state index in [0.29, 0.717) is 0 Å². The van der Waals surface area contributed by atoms with Gasteiger partial charge >= 0.3 is 5.97 Å². The average Bonchev–Trinajstić information content (AvgIpc) is 2.70. The number of carboxylic acids is 1. The number of carboxylic acid groups (broad SMARTS) is 1. The Morgan fingerprint density at radius 2 is 1.47 bits per heavy atom. The molecule has 0 aliphatic rings. The van der Waals surface area contributed by atoms with Crippen molar-refractivity contribution in [3.05, 3.63) is 47.5 Å². The van der Waals surface area contributed by atoms with E-state index in [1.54, 1.807) is 6.08 Å². The molecule has 0 aliphatic heterocycles. The van der Waals surface area contributed by atoms with Crippen LogP contribution in [0.15, 0.2) is 42.0 Å². The van der Waals surface area contributed by atoms with Crippen LogP contribution in [0.4, 0.5) is 0 Å². The van der Waals surface area contributed by atoms with Gasteiger partial charge in [-0.15, -0.1) is 0 Å². The zero-order chi connectivity index (χ0) is 26.4. The van der Waals surface area contributed by atoms with Crippen LogP contribution in [0.1, 0.15) is 61.0 Å². The van der Waals surface area contributed by atoms with Crippen LogP contribution in [0.2, 0.25) is 0 Å². The smallest absolute Gasteiger partial charge is 0.331 e. The molecule has 0 saturated carbocycles. The van der Waals surface area contributed by atoms with Crippen LogP contribution in [0.3, 0.4) is 0 Å². The van der Waals surface area contributed by atoms with Gasteiger partial charge in [0.1, 0.15) is 6.04 Å². The fraction of sp³-hybridized carbons (Fsp3) is 0.593. The van der Waals surface area contributed by atoms with Crippen LogP contribution in [0, 0.1) is 11.3 Å². The lowest BCUT2D eigenvalue weighted by Crippen LogP contribution is -2.61. The third kappa shape index (κ3) is 7.69. The van der Waals surface area contributed by atoms with Crippen LogP contribution in [0.5, 0.6) is 0 Å². The Morgan fingerprint density at radius 1 is 0.941 bits per heavy atom. The van der Waals surface area contributed by atoms with Gasteiger partial charge < -0.3 is 15.7 Å². The predicted octanol–water partition coefficient (Wildman–Crippen LogP) is 3.60. The number of nitrogens with one attached hydrogen (secondary N) is 2. The number of carbonyl (C=O) groups is 3. The number of nitrogens with zero attached hydrogens (tertiary/aromatic N) is 1. The van der Waals surface area contributed by atoms with E-state index in [9.17, 15) is 19.5 Å². The van der Waals surface area contributed by atoms with Crippen LogP contribution in [-0.4, -0.2) is 60.0 Å². The van der Waals surface area contributed by atoms with Crippen molar-refractivity contribution >= 4 is 17.8 Å². The molecule has 3 N–H and O–H groups in total. The van der Waals surface area contributed by atoms with E-state index in [1.165, 1.54) is 6.92 Å². The summed E-state index contributed by atoms with van der Waals surface area (Å²) in [5.41, 5.74) is 0.0956. The maximum atomic E-state index is 13.6. The highest BCUT2D eigenvalue weighted by molar-refractivity contribution is 5.91. The lowest BCUT2D eigenvalue weighted by Gasteiger charge is -2.40. The van der Waals surface area contributed by atoms with Crippen molar-refractivity contribution < 1.29 is 19.5 Å². The minimum absolute atomic E-state index is 0.0268. The van der Waals surface area contributed by atoms with Crippen molar-refractivity contribution in [3.63, 3.8) is 0 Å². The van der Waals surface area contributed by atoms with Crippen molar-refractivity contribution in [2.24, 2.45) is 11.3 Å². The summed E-state index contributed by atoms with van der Waals surface area (Å²) in [5, 5.41) is 15.2. The maximum Gasteiger partial charge on any atom is 0.331 e. The highest BCUT2D eigenvalue weighted by Crippen LogP contribution is 2.30. The van der Waals surface area contributed by atoms with Gasteiger partial charge in [0.05, 0.1) is 12.1 Å². The first-order valence-corrected chi connectivity index (χ1v) is 11.7. The number of aliphatic carboxylic acids is 1. The largest absolute Gasteiger partial charge is 0.478 e. The molecule has 7 heteroatoms. The van der Waals surface area contributed by atoms with Crippen molar-refractivity contribution in [2.45, 2.75) is 78.9 Å². The van der Waals surface area contributed by atoms with Gasteiger partial charge in [-0.05, 0) is 37.9 Å². The fourth-order valence-corrected chi connectivity index (χ4v) is 4.12. The molecule has 1 aromatic rings. The van der Waals surface area contributed by atoms with Gasteiger partial charge in [-0.2, -0.15) is 0 Å². The molecule has 0 bridgehead atoms. The second-order valence-electron chi connectivity index (χ2n) is 11.2. The monoisotopic (exact) mass is 473 g/mol. The molecule has 7 nitrogen and oxygen atoms in total.